The summed E-state index contributed by atoms with van der Waals surface area (Å²) in [7, 11) is -2.88. The number of hydrogen-bond donors (Lipinski definition) is 1. The number of sulfone groups is 1. The Bertz CT molecular complexity index is 367. The first-order chi connectivity index (χ1) is 6.94. The van der Waals surface area contributed by atoms with Crippen LogP contribution in [-0.4, -0.2) is 31.0 Å². The molecule has 2 aliphatic rings. The van der Waals surface area contributed by atoms with Crippen molar-refractivity contribution in [3.63, 3.8) is 0 Å². The molecule has 2 fully saturated rings. The van der Waals surface area contributed by atoms with Gasteiger partial charge in [0.15, 0.2) is 9.84 Å². The Morgan fingerprint density at radius 2 is 2.07 bits per heavy atom. The Morgan fingerprint density at radius 3 is 2.40 bits per heavy atom. The molecular weight excluding hydrogens is 216 g/mol. The predicted molar refractivity (Wildman–Crippen MR) is 55.3 cm³/mol. The second-order valence-electron chi connectivity index (χ2n) is 4.89. The monoisotopic (exact) mass is 232 g/mol. The molecule has 1 saturated heterocycles. The standard InChI is InChI=1S/C10H16O4S/c11-9(12)6-10(3-1-4-10)8-2-5-15(13,14)7-8/h8H,1-7H2,(H,11,12). The van der Waals surface area contributed by atoms with E-state index in [-0.39, 0.29) is 29.3 Å². The lowest BCUT2D eigenvalue weighted by atomic mass is 9.59. The zero-order valence-electron chi connectivity index (χ0n) is 8.61. The Labute approximate surface area is 89.6 Å². The van der Waals surface area contributed by atoms with Crippen LogP contribution >= 0.6 is 0 Å². The van der Waals surface area contributed by atoms with Crippen LogP contribution in [0.2, 0.25) is 0 Å². The summed E-state index contributed by atoms with van der Waals surface area (Å²) < 4.78 is 22.7. The Morgan fingerprint density at radius 1 is 1.40 bits per heavy atom. The number of carboxylic acid groups (broad SMARTS) is 1. The second-order valence-corrected chi connectivity index (χ2v) is 7.12. The van der Waals surface area contributed by atoms with E-state index in [0.29, 0.717) is 6.42 Å². The van der Waals surface area contributed by atoms with Crippen molar-refractivity contribution in [2.24, 2.45) is 11.3 Å². The first kappa shape index (κ1) is 10.9. The van der Waals surface area contributed by atoms with Gasteiger partial charge >= 0.3 is 5.97 Å². The lowest BCUT2D eigenvalue weighted by Gasteiger charge is -2.45. The van der Waals surface area contributed by atoms with Crippen molar-refractivity contribution >= 4 is 15.8 Å². The van der Waals surface area contributed by atoms with Crippen molar-refractivity contribution in [2.45, 2.75) is 32.1 Å². The minimum Gasteiger partial charge on any atom is -0.481 e. The van der Waals surface area contributed by atoms with Crippen LogP contribution in [0.25, 0.3) is 0 Å². The minimum absolute atomic E-state index is 0.0901. The van der Waals surface area contributed by atoms with Crippen molar-refractivity contribution in [3.05, 3.63) is 0 Å². The molecule has 0 aromatic rings. The van der Waals surface area contributed by atoms with Crippen LogP contribution in [0.4, 0.5) is 0 Å². The van der Waals surface area contributed by atoms with Crippen LogP contribution < -0.4 is 0 Å². The van der Waals surface area contributed by atoms with Crippen LogP contribution in [-0.2, 0) is 14.6 Å². The summed E-state index contributed by atoms with van der Waals surface area (Å²) in [6, 6.07) is 0. The number of rotatable bonds is 3. The van der Waals surface area contributed by atoms with Gasteiger partial charge in [0.25, 0.3) is 0 Å². The molecule has 15 heavy (non-hydrogen) atoms. The van der Waals surface area contributed by atoms with E-state index < -0.39 is 15.8 Å². The highest BCUT2D eigenvalue weighted by molar-refractivity contribution is 7.91. The van der Waals surface area contributed by atoms with Gasteiger partial charge in [-0.3, -0.25) is 4.79 Å². The van der Waals surface area contributed by atoms with Gasteiger partial charge in [-0.25, -0.2) is 8.42 Å². The van der Waals surface area contributed by atoms with E-state index in [1.807, 2.05) is 0 Å². The molecule has 2 rings (SSSR count). The highest BCUT2D eigenvalue weighted by Crippen LogP contribution is 2.53. The van der Waals surface area contributed by atoms with E-state index >= 15 is 0 Å². The van der Waals surface area contributed by atoms with Gasteiger partial charge in [-0.15, -0.1) is 0 Å². The molecule has 86 valence electrons. The first-order valence-electron chi connectivity index (χ1n) is 5.36. The summed E-state index contributed by atoms with van der Waals surface area (Å²) >= 11 is 0. The van der Waals surface area contributed by atoms with Crippen LogP contribution in [0.5, 0.6) is 0 Å². The lowest BCUT2D eigenvalue weighted by molar-refractivity contribution is -0.143. The zero-order chi connectivity index (χ0) is 11.1. The lowest BCUT2D eigenvalue weighted by Crippen LogP contribution is -2.40. The van der Waals surface area contributed by atoms with Crippen LogP contribution in [0.1, 0.15) is 32.1 Å². The van der Waals surface area contributed by atoms with Crippen LogP contribution in [0.3, 0.4) is 0 Å². The Kier molecular flexibility index (Phi) is 2.53. The maximum atomic E-state index is 11.4. The molecule has 1 saturated carbocycles. The molecule has 1 unspecified atom stereocenters. The van der Waals surface area contributed by atoms with Crippen molar-refractivity contribution in [2.75, 3.05) is 11.5 Å². The average molecular weight is 232 g/mol. The van der Waals surface area contributed by atoms with Gasteiger partial charge < -0.3 is 5.11 Å². The predicted octanol–water partition coefficient (Wildman–Crippen LogP) is 1.07. The molecule has 5 heteroatoms. The number of hydrogen-bond acceptors (Lipinski definition) is 3. The molecular formula is C10H16O4S. The highest BCUT2D eigenvalue weighted by Gasteiger charge is 2.49. The van der Waals surface area contributed by atoms with Gasteiger partial charge in [0.05, 0.1) is 17.9 Å². The molecule has 0 bridgehead atoms. The largest absolute Gasteiger partial charge is 0.481 e. The third-order valence-electron chi connectivity index (χ3n) is 3.95. The molecule has 1 atom stereocenters. The third-order valence-corrected chi connectivity index (χ3v) is 5.72. The SMILES string of the molecule is O=C(O)CC1(C2CCS(=O)(=O)C2)CCC1. The van der Waals surface area contributed by atoms with E-state index in [9.17, 15) is 13.2 Å². The summed E-state index contributed by atoms with van der Waals surface area (Å²) in [6.45, 7) is 0. The fourth-order valence-electron chi connectivity index (χ4n) is 2.94. The molecule has 1 heterocycles. The minimum atomic E-state index is -2.88. The summed E-state index contributed by atoms with van der Waals surface area (Å²) in [5, 5.41) is 8.86. The van der Waals surface area contributed by atoms with E-state index in [4.69, 9.17) is 5.11 Å². The number of carboxylic acids is 1. The van der Waals surface area contributed by atoms with E-state index in [2.05, 4.69) is 0 Å². The highest BCUT2D eigenvalue weighted by atomic mass is 32.2. The third kappa shape index (κ3) is 2.02. The maximum Gasteiger partial charge on any atom is 0.303 e. The Balaban J connectivity index is 2.11. The molecule has 0 amide bonds. The maximum absolute atomic E-state index is 11.4. The summed E-state index contributed by atoms with van der Waals surface area (Å²) in [6.07, 6.45) is 3.63. The van der Waals surface area contributed by atoms with Crippen molar-refractivity contribution < 1.29 is 18.3 Å². The van der Waals surface area contributed by atoms with Crippen molar-refractivity contribution in [3.8, 4) is 0 Å². The van der Waals surface area contributed by atoms with Crippen LogP contribution in [0, 0.1) is 11.3 Å². The molecule has 1 aliphatic heterocycles. The molecule has 0 radical (unpaired) electrons. The number of carbonyl (C=O) groups is 1. The molecule has 0 spiro atoms. The van der Waals surface area contributed by atoms with Gasteiger partial charge in [0.1, 0.15) is 0 Å². The van der Waals surface area contributed by atoms with E-state index in [1.165, 1.54) is 0 Å². The second kappa shape index (κ2) is 3.47. The van der Waals surface area contributed by atoms with Crippen molar-refractivity contribution in [1.29, 1.82) is 0 Å². The van der Waals surface area contributed by atoms with Crippen LogP contribution in [0.15, 0.2) is 0 Å². The molecule has 1 aliphatic carbocycles. The van der Waals surface area contributed by atoms with Gasteiger partial charge in [-0.2, -0.15) is 0 Å². The summed E-state index contributed by atoms with van der Waals surface area (Å²) in [5.41, 5.74) is -0.199. The first-order valence-corrected chi connectivity index (χ1v) is 7.18. The average Bonchev–Trinajstić information content (AvgIpc) is 2.38. The summed E-state index contributed by atoms with van der Waals surface area (Å²) in [4.78, 5) is 10.8. The topological polar surface area (TPSA) is 71.4 Å². The quantitative estimate of drug-likeness (QED) is 0.790. The number of aliphatic carboxylic acids is 1. The fraction of sp³-hybridized carbons (Fsp3) is 0.900. The van der Waals surface area contributed by atoms with Gasteiger partial charge in [-0.1, -0.05) is 6.42 Å². The van der Waals surface area contributed by atoms with E-state index in [0.717, 1.165) is 19.3 Å². The summed E-state index contributed by atoms with van der Waals surface area (Å²) in [5.74, 6) is -0.245. The molecule has 1 N–H and O–H groups in total. The smallest absolute Gasteiger partial charge is 0.303 e. The van der Waals surface area contributed by atoms with Gasteiger partial charge in [-0.05, 0) is 30.6 Å². The van der Waals surface area contributed by atoms with Gasteiger partial charge in [0, 0.05) is 0 Å². The molecule has 0 aromatic heterocycles. The Hall–Kier alpha value is -0.580. The van der Waals surface area contributed by atoms with E-state index in [1.54, 1.807) is 0 Å². The normalized spacial score (nSPS) is 32.1. The van der Waals surface area contributed by atoms with Gasteiger partial charge in [0.2, 0.25) is 0 Å². The fourth-order valence-corrected chi connectivity index (χ4v) is 4.88. The van der Waals surface area contributed by atoms with Crippen molar-refractivity contribution in [1.82, 2.24) is 0 Å². The zero-order valence-corrected chi connectivity index (χ0v) is 9.42. The molecule has 0 aromatic carbocycles. The molecule has 4 nitrogen and oxygen atoms in total.